The Bertz CT molecular complexity index is 1070. The predicted molar refractivity (Wildman–Crippen MR) is 109 cm³/mol. The SMILES string of the molecule is CNc1ccc(/C=C(\C#N)c2nc(-c3ccc(Cl)cc3)cs2)cc1[N+](=O)[O-]. The molecule has 2 aromatic carbocycles. The maximum atomic E-state index is 11.2. The molecular formula is C19H13ClN4O2S. The van der Waals surface area contributed by atoms with E-state index in [4.69, 9.17) is 11.6 Å². The summed E-state index contributed by atoms with van der Waals surface area (Å²) in [4.78, 5) is 15.2. The zero-order chi connectivity index (χ0) is 19.4. The highest BCUT2D eigenvalue weighted by atomic mass is 35.5. The maximum Gasteiger partial charge on any atom is 0.292 e. The molecule has 0 saturated carbocycles. The Kier molecular flexibility index (Phi) is 5.50. The van der Waals surface area contributed by atoms with Gasteiger partial charge in [0.2, 0.25) is 0 Å². The van der Waals surface area contributed by atoms with Gasteiger partial charge in [-0.3, -0.25) is 10.1 Å². The van der Waals surface area contributed by atoms with E-state index in [9.17, 15) is 15.4 Å². The van der Waals surface area contributed by atoms with Crippen LogP contribution in [0.5, 0.6) is 0 Å². The van der Waals surface area contributed by atoms with Gasteiger partial charge in [-0.15, -0.1) is 11.3 Å². The zero-order valence-corrected chi connectivity index (χ0v) is 15.7. The van der Waals surface area contributed by atoms with Crippen LogP contribution in [0.15, 0.2) is 47.8 Å². The van der Waals surface area contributed by atoms with Crippen LogP contribution in [0.2, 0.25) is 5.02 Å². The lowest BCUT2D eigenvalue weighted by Crippen LogP contribution is -1.96. The van der Waals surface area contributed by atoms with Gasteiger partial charge in [0.1, 0.15) is 16.8 Å². The number of nitriles is 1. The Morgan fingerprint density at radius 1 is 1.33 bits per heavy atom. The quantitative estimate of drug-likeness (QED) is 0.350. The molecule has 0 aliphatic rings. The maximum absolute atomic E-state index is 11.2. The smallest absolute Gasteiger partial charge is 0.292 e. The Balaban J connectivity index is 1.96. The van der Waals surface area contributed by atoms with Crippen molar-refractivity contribution in [2.75, 3.05) is 12.4 Å². The van der Waals surface area contributed by atoms with E-state index in [1.165, 1.54) is 17.4 Å². The summed E-state index contributed by atoms with van der Waals surface area (Å²) in [5, 5.41) is 26.5. The molecular weight excluding hydrogens is 384 g/mol. The second-order valence-electron chi connectivity index (χ2n) is 5.50. The van der Waals surface area contributed by atoms with Crippen molar-refractivity contribution in [2.24, 2.45) is 0 Å². The number of nitro benzene ring substituents is 1. The van der Waals surface area contributed by atoms with Crippen LogP contribution in [0.25, 0.3) is 22.9 Å². The molecule has 8 heteroatoms. The van der Waals surface area contributed by atoms with Crippen LogP contribution in [-0.2, 0) is 0 Å². The number of allylic oxidation sites excluding steroid dienone is 1. The third-order valence-corrected chi connectivity index (χ3v) is 4.92. The zero-order valence-electron chi connectivity index (χ0n) is 14.1. The summed E-state index contributed by atoms with van der Waals surface area (Å²) in [5.74, 6) is 0. The van der Waals surface area contributed by atoms with Gasteiger partial charge in [0.25, 0.3) is 5.69 Å². The molecule has 0 bridgehead atoms. The predicted octanol–water partition coefficient (Wildman–Crippen LogP) is 5.48. The lowest BCUT2D eigenvalue weighted by Gasteiger charge is -2.03. The summed E-state index contributed by atoms with van der Waals surface area (Å²) in [6.45, 7) is 0. The third-order valence-electron chi connectivity index (χ3n) is 3.79. The minimum absolute atomic E-state index is 0.0514. The molecule has 1 N–H and O–H groups in total. The molecule has 134 valence electrons. The van der Waals surface area contributed by atoms with Crippen molar-refractivity contribution >= 4 is 46.0 Å². The molecule has 0 aliphatic heterocycles. The third kappa shape index (κ3) is 4.14. The van der Waals surface area contributed by atoms with Gasteiger partial charge >= 0.3 is 0 Å². The molecule has 3 rings (SSSR count). The first-order valence-electron chi connectivity index (χ1n) is 7.81. The van der Waals surface area contributed by atoms with E-state index in [2.05, 4.69) is 16.4 Å². The first-order valence-corrected chi connectivity index (χ1v) is 9.07. The lowest BCUT2D eigenvalue weighted by atomic mass is 10.1. The van der Waals surface area contributed by atoms with Gasteiger partial charge in [-0.2, -0.15) is 5.26 Å². The van der Waals surface area contributed by atoms with Gasteiger partial charge in [-0.25, -0.2) is 4.98 Å². The first kappa shape index (κ1) is 18.6. The molecule has 0 radical (unpaired) electrons. The number of benzene rings is 2. The van der Waals surface area contributed by atoms with Crippen LogP contribution < -0.4 is 5.32 Å². The minimum atomic E-state index is -0.461. The number of halogens is 1. The summed E-state index contributed by atoms with van der Waals surface area (Å²) in [5.41, 5.74) is 2.89. The summed E-state index contributed by atoms with van der Waals surface area (Å²) >= 11 is 7.24. The molecule has 0 aliphatic carbocycles. The first-order chi connectivity index (χ1) is 13.0. The van der Waals surface area contributed by atoms with Crippen molar-refractivity contribution in [3.05, 3.63) is 73.6 Å². The summed E-state index contributed by atoms with van der Waals surface area (Å²) in [6, 6.07) is 14.1. The molecule has 1 aromatic heterocycles. The van der Waals surface area contributed by atoms with E-state index in [-0.39, 0.29) is 5.69 Å². The number of aromatic nitrogens is 1. The van der Waals surface area contributed by atoms with Crippen LogP contribution in [-0.4, -0.2) is 17.0 Å². The van der Waals surface area contributed by atoms with Gasteiger partial charge in [0, 0.05) is 29.1 Å². The highest BCUT2D eigenvalue weighted by Crippen LogP contribution is 2.30. The van der Waals surface area contributed by atoms with Crippen molar-refractivity contribution in [1.82, 2.24) is 4.98 Å². The number of nitrogens with zero attached hydrogens (tertiary/aromatic N) is 3. The molecule has 0 spiro atoms. The Hall–Kier alpha value is -3.21. The number of rotatable bonds is 5. The Morgan fingerprint density at radius 3 is 2.70 bits per heavy atom. The van der Waals surface area contributed by atoms with Crippen LogP contribution in [0.4, 0.5) is 11.4 Å². The highest BCUT2D eigenvalue weighted by Gasteiger charge is 2.14. The van der Waals surface area contributed by atoms with Gasteiger partial charge in [0.05, 0.1) is 16.2 Å². The van der Waals surface area contributed by atoms with Crippen molar-refractivity contribution in [3.63, 3.8) is 0 Å². The van der Waals surface area contributed by atoms with Gasteiger partial charge < -0.3 is 5.32 Å². The summed E-state index contributed by atoms with van der Waals surface area (Å²) in [7, 11) is 1.62. The second kappa shape index (κ2) is 7.99. The highest BCUT2D eigenvalue weighted by molar-refractivity contribution is 7.11. The molecule has 1 heterocycles. The van der Waals surface area contributed by atoms with Crippen molar-refractivity contribution < 1.29 is 4.92 Å². The molecule has 0 unspecified atom stereocenters. The molecule has 0 fully saturated rings. The monoisotopic (exact) mass is 396 g/mol. The molecule has 0 saturated heterocycles. The van der Waals surface area contributed by atoms with Gasteiger partial charge in [0.15, 0.2) is 0 Å². The Morgan fingerprint density at radius 2 is 2.07 bits per heavy atom. The molecule has 6 nitrogen and oxygen atoms in total. The van der Waals surface area contributed by atoms with Crippen molar-refractivity contribution in [1.29, 1.82) is 5.26 Å². The van der Waals surface area contributed by atoms with Crippen LogP contribution in [0, 0.1) is 21.4 Å². The minimum Gasteiger partial charge on any atom is -0.383 e. The Labute approximate surface area is 164 Å². The number of thiazole rings is 1. The van der Waals surface area contributed by atoms with E-state index >= 15 is 0 Å². The summed E-state index contributed by atoms with van der Waals surface area (Å²) < 4.78 is 0. The van der Waals surface area contributed by atoms with E-state index < -0.39 is 4.92 Å². The fourth-order valence-electron chi connectivity index (χ4n) is 2.46. The number of hydrogen-bond acceptors (Lipinski definition) is 6. The molecule has 0 amide bonds. The number of nitro groups is 1. The van der Waals surface area contributed by atoms with E-state index in [0.29, 0.717) is 26.9 Å². The van der Waals surface area contributed by atoms with E-state index in [1.807, 2.05) is 17.5 Å². The average molecular weight is 397 g/mol. The topological polar surface area (TPSA) is 91.8 Å². The normalized spacial score (nSPS) is 11.1. The second-order valence-corrected chi connectivity index (χ2v) is 6.79. The van der Waals surface area contributed by atoms with Crippen molar-refractivity contribution in [2.45, 2.75) is 0 Å². The largest absolute Gasteiger partial charge is 0.383 e. The fraction of sp³-hybridized carbons (Fsp3) is 0.0526. The van der Waals surface area contributed by atoms with Gasteiger partial charge in [-0.1, -0.05) is 29.8 Å². The van der Waals surface area contributed by atoms with Crippen LogP contribution in [0.1, 0.15) is 10.6 Å². The summed E-state index contributed by atoms with van der Waals surface area (Å²) in [6.07, 6.45) is 1.59. The molecule has 3 aromatic rings. The number of hydrogen-bond donors (Lipinski definition) is 1. The van der Waals surface area contributed by atoms with E-state index in [0.717, 1.165) is 11.3 Å². The average Bonchev–Trinajstić information content (AvgIpc) is 3.16. The lowest BCUT2D eigenvalue weighted by molar-refractivity contribution is -0.383. The molecule has 27 heavy (non-hydrogen) atoms. The molecule has 0 atom stereocenters. The van der Waals surface area contributed by atoms with E-state index in [1.54, 1.807) is 37.4 Å². The number of anilines is 1. The van der Waals surface area contributed by atoms with Crippen molar-refractivity contribution in [3.8, 4) is 17.3 Å². The fourth-order valence-corrected chi connectivity index (χ4v) is 3.38. The van der Waals surface area contributed by atoms with Crippen LogP contribution >= 0.6 is 22.9 Å². The van der Waals surface area contributed by atoms with Gasteiger partial charge in [-0.05, 0) is 29.8 Å². The van der Waals surface area contributed by atoms with Crippen LogP contribution in [0.3, 0.4) is 0 Å². The standard InChI is InChI=1S/C19H13ClN4O2S/c1-22-16-7-2-12(9-18(16)24(25)26)8-14(10-21)19-23-17(11-27-19)13-3-5-15(20)6-4-13/h2-9,11,22H,1H3/b14-8+. The number of nitrogens with one attached hydrogen (secondary N) is 1.